The van der Waals surface area contributed by atoms with Crippen LogP contribution in [0.3, 0.4) is 0 Å². The van der Waals surface area contributed by atoms with Crippen LogP contribution >= 0.6 is 11.3 Å². The molecule has 2 heterocycles. The molecule has 0 spiro atoms. The fourth-order valence-corrected chi connectivity index (χ4v) is 2.87. The number of thiazole rings is 1. The number of aryl methyl sites for hydroxylation is 1. The third-order valence-electron chi connectivity index (χ3n) is 3.19. The van der Waals surface area contributed by atoms with Crippen LogP contribution in [0, 0.1) is 12.7 Å². The van der Waals surface area contributed by atoms with Crippen LogP contribution in [-0.4, -0.2) is 38.6 Å². The Labute approximate surface area is 148 Å². The van der Waals surface area contributed by atoms with E-state index in [9.17, 15) is 22.4 Å². The van der Waals surface area contributed by atoms with Crippen molar-refractivity contribution in [3.05, 3.63) is 53.0 Å². The van der Waals surface area contributed by atoms with E-state index in [-0.39, 0.29) is 10.8 Å². The maximum absolute atomic E-state index is 13.0. The van der Waals surface area contributed by atoms with Gasteiger partial charge in [-0.05, 0) is 31.2 Å². The van der Waals surface area contributed by atoms with Crippen LogP contribution in [0.25, 0.3) is 5.69 Å². The molecule has 3 aromatic rings. The molecule has 0 aliphatic rings. The Balaban J connectivity index is 1.90. The molecule has 0 unspecified atom stereocenters. The molecule has 0 fully saturated rings. The van der Waals surface area contributed by atoms with Crippen molar-refractivity contribution in [2.45, 2.75) is 13.1 Å². The Morgan fingerprint density at radius 2 is 1.96 bits per heavy atom. The number of halogens is 4. The van der Waals surface area contributed by atoms with Gasteiger partial charge in [0, 0.05) is 5.38 Å². The molecule has 3 rings (SSSR count). The van der Waals surface area contributed by atoms with E-state index >= 15 is 0 Å². The maximum atomic E-state index is 13.0. The van der Waals surface area contributed by atoms with Crippen molar-refractivity contribution in [1.82, 2.24) is 20.0 Å². The van der Waals surface area contributed by atoms with Crippen LogP contribution in [0.1, 0.15) is 16.2 Å². The molecule has 1 aromatic carbocycles. The van der Waals surface area contributed by atoms with Gasteiger partial charge < -0.3 is 0 Å². The number of rotatable bonds is 4. The lowest BCUT2D eigenvalue weighted by atomic mass is 10.3. The fraction of sp³-hybridized carbons (Fsp3) is 0.200. The number of benzene rings is 1. The number of hydrogen-bond donors (Lipinski definition) is 0. The van der Waals surface area contributed by atoms with Gasteiger partial charge in [-0.1, -0.05) is 0 Å². The van der Waals surface area contributed by atoms with E-state index in [1.807, 2.05) is 0 Å². The number of aromatic nitrogens is 4. The third-order valence-corrected chi connectivity index (χ3v) is 4.17. The summed E-state index contributed by atoms with van der Waals surface area (Å²) >= 11 is 0.923. The van der Waals surface area contributed by atoms with Gasteiger partial charge in [0.15, 0.2) is 10.8 Å². The van der Waals surface area contributed by atoms with Gasteiger partial charge in [-0.2, -0.15) is 23.1 Å². The minimum atomic E-state index is -4.61. The monoisotopic (exact) mass is 385 g/mol. The molecule has 0 radical (unpaired) electrons. The fourth-order valence-electron chi connectivity index (χ4n) is 2.07. The normalized spacial score (nSPS) is 11.6. The second-order valence-corrected chi connectivity index (χ2v) is 6.11. The largest absolute Gasteiger partial charge is 0.406 e. The number of hydrogen-bond acceptors (Lipinski definition) is 5. The van der Waals surface area contributed by atoms with Gasteiger partial charge in [0.25, 0.3) is 5.91 Å². The van der Waals surface area contributed by atoms with Crippen molar-refractivity contribution in [2.75, 3.05) is 11.4 Å². The second-order valence-electron chi connectivity index (χ2n) is 5.27. The van der Waals surface area contributed by atoms with Crippen LogP contribution in [0.5, 0.6) is 0 Å². The highest BCUT2D eigenvalue weighted by Crippen LogP contribution is 2.26. The van der Waals surface area contributed by atoms with Gasteiger partial charge in [-0.15, -0.1) is 16.4 Å². The number of carbonyl (C=O) groups is 1. The molecule has 6 nitrogen and oxygen atoms in total. The van der Waals surface area contributed by atoms with Crippen molar-refractivity contribution < 1.29 is 22.4 Å². The van der Waals surface area contributed by atoms with Crippen molar-refractivity contribution in [1.29, 1.82) is 0 Å². The van der Waals surface area contributed by atoms with Crippen LogP contribution in [-0.2, 0) is 0 Å². The first-order chi connectivity index (χ1) is 12.2. The molecule has 1 amide bonds. The number of alkyl halides is 3. The topological polar surface area (TPSA) is 63.9 Å². The molecular formula is C15H11F4N5OS. The summed E-state index contributed by atoms with van der Waals surface area (Å²) in [5.74, 6) is -1.45. The molecule has 0 saturated carbocycles. The highest BCUT2D eigenvalue weighted by Gasteiger charge is 2.36. The van der Waals surface area contributed by atoms with E-state index in [0.29, 0.717) is 16.3 Å². The minimum Gasteiger partial charge on any atom is -0.273 e. The lowest BCUT2D eigenvalue weighted by Crippen LogP contribution is -2.39. The predicted octanol–water partition coefficient (Wildman–Crippen LogP) is 3.38. The average Bonchev–Trinajstić information content (AvgIpc) is 3.21. The first-order valence-electron chi connectivity index (χ1n) is 7.22. The van der Waals surface area contributed by atoms with E-state index in [2.05, 4.69) is 15.2 Å². The molecule has 0 aliphatic carbocycles. The summed E-state index contributed by atoms with van der Waals surface area (Å²) in [5.41, 5.74) is 0.573. The predicted molar refractivity (Wildman–Crippen MR) is 85.9 cm³/mol. The SMILES string of the molecule is Cc1csc(N(CC(F)(F)F)C(=O)c2cnn(-c3ccc(F)cc3)n2)n1. The molecule has 0 N–H and O–H groups in total. The first kappa shape index (κ1) is 18.0. The number of carbonyl (C=O) groups excluding carboxylic acids is 1. The van der Waals surface area contributed by atoms with Crippen LogP contribution < -0.4 is 4.90 Å². The highest BCUT2D eigenvalue weighted by molar-refractivity contribution is 7.14. The van der Waals surface area contributed by atoms with Gasteiger partial charge >= 0.3 is 6.18 Å². The Kier molecular flexibility index (Phi) is 4.72. The molecule has 0 aliphatic heterocycles. The number of amides is 1. The van der Waals surface area contributed by atoms with Crippen LogP contribution in [0.4, 0.5) is 22.7 Å². The highest BCUT2D eigenvalue weighted by atomic mass is 32.1. The summed E-state index contributed by atoms with van der Waals surface area (Å²) in [6.45, 7) is 0.114. The van der Waals surface area contributed by atoms with E-state index in [1.54, 1.807) is 12.3 Å². The van der Waals surface area contributed by atoms with Crippen LogP contribution in [0.15, 0.2) is 35.8 Å². The minimum absolute atomic E-state index is 0.0823. The van der Waals surface area contributed by atoms with E-state index in [1.165, 1.54) is 24.3 Å². The molecular weight excluding hydrogens is 374 g/mol. The van der Waals surface area contributed by atoms with Gasteiger partial charge in [-0.25, -0.2) is 9.37 Å². The van der Waals surface area contributed by atoms with Gasteiger partial charge in [-0.3, -0.25) is 9.69 Å². The summed E-state index contributed by atoms with van der Waals surface area (Å²) in [6, 6.07) is 5.10. The Hall–Kier alpha value is -2.82. The summed E-state index contributed by atoms with van der Waals surface area (Å²) in [4.78, 5) is 18.0. The van der Waals surface area contributed by atoms with Gasteiger partial charge in [0.2, 0.25) is 0 Å². The lowest BCUT2D eigenvalue weighted by molar-refractivity contribution is -0.118. The molecule has 0 saturated heterocycles. The maximum Gasteiger partial charge on any atom is 0.406 e. The Bertz CT molecular complexity index is 919. The van der Waals surface area contributed by atoms with Gasteiger partial charge in [0.05, 0.1) is 17.6 Å². The number of nitrogens with zero attached hydrogens (tertiary/aromatic N) is 5. The quantitative estimate of drug-likeness (QED) is 0.646. The van der Waals surface area contributed by atoms with Crippen molar-refractivity contribution in [3.63, 3.8) is 0 Å². The van der Waals surface area contributed by atoms with E-state index in [0.717, 1.165) is 22.3 Å². The van der Waals surface area contributed by atoms with E-state index in [4.69, 9.17) is 0 Å². The molecule has 136 valence electrons. The average molecular weight is 385 g/mol. The van der Waals surface area contributed by atoms with Crippen molar-refractivity contribution >= 4 is 22.4 Å². The molecule has 0 atom stereocenters. The lowest BCUT2D eigenvalue weighted by Gasteiger charge is -2.20. The Morgan fingerprint density at radius 1 is 1.27 bits per heavy atom. The standard InChI is InChI=1S/C15H11F4N5OS/c1-9-7-26-14(21-9)23(8-15(17,18)19)13(25)12-6-20-24(22-12)11-4-2-10(16)3-5-11/h2-7H,8H2,1H3. The van der Waals surface area contributed by atoms with E-state index < -0.39 is 24.4 Å². The smallest absolute Gasteiger partial charge is 0.273 e. The zero-order valence-corrected chi connectivity index (χ0v) is 14.1. The Morgan fingerprint density at radius 3 is 2.54 bits per heavy atom. The number of anilines is 1. The first-order valence-corrected chi connectivity index (χ1v) is 8.10. The zero-order valence-electron chi connectivity index (χ0n) is 13.2. The molecule has 11 heteroatoms. The summed E-state index contributed by atoms with van der Waals surface area (Å²) < 4.78 is 51.6. The summed E-state index contributed by atoms with van der Waals surface area (Å²) in [5, 5.41) is 9.21. The van der Waals surface area contributed by atoms with Crippen molar-refractivity contribution in [2.24, 2.45) is 0 Å². The molecule has 2 aromatic heterocycles. The summed E-state index contributed by atoms with van der Waals surface area (Å²) in [6.07, 6.45) is -3.56. The zero-order chi connectivity index (χ0) is 18.9. The van der Waals surface area contributed by atoms with Gasteiger partial charge in [0.1, 0.15) is 12.4 Å². The molecule has 0 bridgehead atoms. The third kappa shape index (κ3) is 4.04. The van der Waals surface area contributed by atoms with Crippen molar-refractivity contribution in [3.8, 4) is 5.69 Å². The molecule has 26 heavy (non-hydrogen) atoms. The van der Waals surface area contributed by atoms with Crippen LogP contribution in [0.2, 0.25) is 0 Å². The summed E-state index contributed by atoms with van der Waals surface area (Å²) in [7, 11) is 0. The second kappa shape index (κ2) is 6.83.